The molecule has 1 aromatic rings. The highest BCUT2D eigenvalue weighted by Crippen LogP contribution is 2.19. The second-order valence-corrected chi connectivity index (χ2v) is 6.54. The Labute approximate surface area is 129 Å². The molecule has 4 heteroatoms. The highest BCUT2D eigenvalue weighted by Gasteiger charge is 2.14. The van der Waals surface area contributed by atoms with Crippen LogP contribution < -0.4 is 10.6 Å². The number of carbonyl (C=O) groups is 1. The Bertz CT molecular complexity index is 434. The molecule has 2 rings (SSSR count). The first-order valence-electron chi connectivity index (χ1n) is 7.44. The fraction of sp³-hybridized carbons (Fsp3) is 0.562. The molecule has 1 amide bonds. The molecule has 0 aliphatic heterocycles. The number of rotatable bonds is 4. The van der Waals surface area contributed by atoms with Gasteiger partial charge in [-0.15, -0.1) is 0 Å². The van der Waals surface area contributed by atoms with Gasteiger partial charge in [0.15, 0.2) is 0 Å². The summed E-state index contributed by atoms with van der Waals surface area (Å²) in [5.41, 5.74) is 2.15. The van der Waals surface area contributed by atoms with Crippen LogP contribution in [0.15, 0.2) is 22.7 Å². The molecule has 0 bridgehead atoms. The van der Waals surface area contributed by atoms with Gasteiger partial charge >= 0.3 is 0 Å². The number of benzene rings is 1. The number of carbonyl (C=O) groups excluding carboxylic acids is 1. The molecule has 0 unspecified atom stereocenters. The lowest BCUT2D eigenvalue weighted by Gasteiger charge is -2.16. The van der Waals surface area contributed by atoms with Crippen molar-refractivity contribution in [3.05, 3.63) is 28.2 Å². The van der Waals surface area contributed by atoms with Gasteiger partial charge in [0, 0.05) is 16.2 Å². The number of halogens is 1. The van der Waals surface area contributed by atoms with Crippen LogP contribution in [0.1, 0.15) is 44.1 Å². The molecule has 110 valence electrons. The first-order valence-corrected chi connectivity index (χ1v) is 8.23. The topological polar surface area (TPSA) is 41.1 Å². The van der Waals surface area contributed by atoms with Crippen molar-refractivity contribution in [3.8, 4) is 0 Å². The van der Waals surface area contributed by atoms with E-state index in [4.69, 9.17) is 0 Å². The van der Waals surface area contributed by atoms with E-state index in [2.05, 4.69) is 32.6 Å². The largest absolute Gasteiger partial charge is 0.376 e. The van der Waals surface area contributed by atoms with Crippen LogP contribution in [0.25, 0.3) is 0 Å². The van der Waals surface area contributed by atoms with Crippen molar-refractivity contribution in [1.82, 2.24) is 5.32 Å². The quantitative estimate of drug-likeness (QED) is 0.814. The molecule has 1 saturated carbocycles. The molecule has 0 saturated heterocycles. The van der Waals surface area contributed by atoms with Crippen LogP contribution in [0.5, 0.6) is 0 Å². The van der Waals surface area contributed by atoms with E-state index in [9.17, 15) is 4.79 Å². The maximum Gasteiger partial charge on any atom is 0.239 e. The molecule has 1 fully saturated rings. The summed E-state index contributed by atoms with van der Waals surface area (Å²) in [6, 6.07) is 6.46. The molecule has 0 spiro atoms. The first kappa shape index (κ1) is 15.4. The van der Waals surface area contributed by atoms with Crippen LogP contribution in [0, 0.1) is 6.92 Å². The van der Waals surface area contributed by atoms with Gasteiger partial charge in [-0.25, -0.2) is 0 Å². The minimum absolute atomic E-state index is 0.0922. The highest BCUT2D eigenvalue weighted by atomic mass is 79.9. The molecule has 1 aliphatic carbocycles. The standard InChI is InChI=1S/C16H23BrN2O/c1-12-8-13(17)10-15(9-12)18-11-16(20)19-14-6-4-2-3-5-7-14/h8-10,14,18H,2-7,11H2,1H3,(H,19,20). The predicted molar refractivity (Wildman–Crippen MR) is 87.0 cm³/mol. The molecular weight excluding hydrogens is 316 g/mol. The highest BCUT2D eigenvalue weighted by molar-refractivity contribution is 9.10. The van der Waals surface area contributed by atoms with Crippen LogP contribution in [0.4, 0.5) is 5.69 Å². The fourth-order valence-corrected chi connectivity index (χ4v) is 3.33. The lowest BCUT2D eigenvalue weighted by Crippen LogP contribution is -2.38. The van der Waals surface area contributed by atoms with Crippen molar-refractivity contribution in [2.45, 2.75) is 51.5 Å². The third-order valence-corrected chi connectivity index (χ3v) is 4.17. The Morgan fingerprint density at radius 2 is 1.90 bits per heavy atom. The molecule has 2 N–H and O–H groups in total. The van der Waals surface area contributed by atoms with Gasteiger partial charge in [0.05, 0.1) is 6.54 Å². The van der Waals surface area contributed by atoms with Crippen molar-refractivity contribution >= 4 is 27.5 Å². The average Bonchev–Trinajstić information content (AvgIpc) is 2.64. The summed E-state index contributed by atoms with van der Waals surface area (Å²) >= 11 is 3.47. The smallest absolute Gasteiger partial charge is 0.239 e. The van der Waals surface area contributed by atoms with Crippen molar-refractivity contribution < 1.29 is 4.79 Å². The van der Waals surface area contributed by atoms with E-state index in [0.717, 1.165) is 23.0 Å². The summed E-state index contributed by atoms with van der Waals surface area (Å²) in [5.74, 6) is 0.0922. The minimum atomic E-state index is 0.0922. The molecule has 1 aliphatic rings. The summed E-state index contributed by atoms with van der Waals surface area (Å²) < 4.78 is 1.03. The summed E-state index contributed by atoms with van der Waals surface area (Å²) in [5, 5.41) is 6.33. The van der Waals surface area contributed by atoms with Crippen molar-refractivity contribution in [2.24, 2.45) is 0 Å². The monoisotopic (exact) mass is 338 g/mol. The third kappa shape index (κ3) is 5.16. The predicted octanol–water partition coefficient (Wildman–Crippen LogP) is 4.01. The molecule has 3 nitrogen and oxygen atoms in total. The lowest BCUT2D eigenvalue weighted by molar-refractivity contribution is -0.120. The molecular formula is C16H23BrN2O. The maximum atomic E-state index is 12.0. The number of nitrogens with one attached hydrogen (secondary N) is 2. The van der Waals surface area contributed by atoms with Gasteiger partial charge in [-0.05, 0) is 43.5 Å². The molecule has 0 atom stereocenters. The zero-order chi connectivity index (χ0) is 14.4. The minimum Gasteiger partial charge on any atom is -0.376 e. The van der Waals surface area contributed by atoms with Crippen molar-refractivity contribution in [1.29, 1.82) is 0 Å². The van der Waals surface area contributed by atoms with Crippen LogP contribution in [-0.4, -0.2) is 18.5 Å². The summed E-state index contributed by atoms with van der Waals surface area (Å²) in [6.45, 7) is 2.38. The maximum absolute atomic E-state index is 12.0. The Morgan fingerprint density at radius 3 is 2.55 bits per heavy atom. The number of hydrogen-bond donors (Lipinski definition) is 2. The van der Waals surface area contributed by atoms with Crippen LogP contribution in [0.3, 0.4) is 0 Å². The van der Waals surface area contributed by atoms with E-state index in [0.29, 0.717) is 12.6 Å². The first-order chi connectivity index (χ1) is 9.63. The Kier molecular flexibility index (Phi) is 5.89. The van der Waals surface area contributed by atoms with E-state index in [1.54, 1.807) is 0 Å². The summed E-state index contributed by atoms with van der Waals surface area (Å²) in [4.78, 5) is 12.0. The number of amides is 1. The van der Waals surface area contributed by atoms with Gasteiger partial charge in [0.25, 0.3) is 0 Å². The van der Waals surface area contributed by atoms with E-state index >= 15 is 0 Å². The lowest BCUT2D eigenvalue weighted by atomic mass is 10.1. The van der Waals surface area contributed by atoms with E-state index in [1.165, 1.54) is 31.2 Å². The third-order valence-electron chi connectivity index (χ3n) is 3.72. The second-order valence-electron chi connectivity index (χ2n) is 5.63. The van der Waals surface area contributed by atoms with Gasteiger partial charge in [0.2, 0.25) is 5.91 Å². The zero-order valence-corrected chi connectivity index (χ0v) is 13.6. The van der Waals surface area contributed by atoms with Crippen molar-refractivity contribution in [3.63, 3.8) is 0 Å². The molecule has 0 radical (unpaired) electrons. The summed E-state index contributed by atoms with van der Waals surface area (Å²) in [6.07, 6.45) is 7.35. The van der Waals surface area contributed by atoms with Gasteiger partial charge in [-0.2, -0.15) is 0 Å². The van der Waals surface area contributed by atoms with Gasteiger partial charge in [-0.1, -0.05) is 41.6 Å². The normalized spacial score (nSPS) is 16.5. The Balaban J connectivity index is 1.79. The van der Waals surface area contributed by atoms with Crippen LogP contribution >= 0.6 is 15.9 Å². The Morgan fingerprint density at radius 1 is 1.20 bits per heavy atom. The fourth-order valence-electron chi connectivity index (χ4n) is 2.72. The van der Waals surface area contributed by atoms with Gasteiger partial charge < -0.3 is 10.6 Å². The molecule has 0 aromatic heterocycles. The van der Waals surface area contributed by atoms with Gasteiger partial charge in [-0.3, -0.25) is 4.79 Å². The van der Waals surface area contributed by atoms with Crippen LogP contribution in [-0.2, 0) is 4.79 Å². The van der Waals surface area contributed by atoms with E-state index in [1.807, 2.05) is 19.1 Å². The second kappa shape index (κ2) is 7.67. The van der Waals surface area contributed by atoms with E-state index in [-0.39, 0.29) is 5.91 Å². The van der Waals surface area contributed by atoms with Crippen LogP contribution in [0.2, 0.25) is 0 Å². The van der Waals surface area contributed by atoms with Crippen molar-refractivity contribution in [2.75, 3.05) is 11.9 Å². The average molecular weight is 339 g/mol. The zero-order valence-electron chi connectivity index (χ0n) is 12.0. The molecule has 1 aromatic carbocycles. The SMILES string of the molecule is Cc1cc(Br)cc(NCC(=O)NC2CCCCCC2)c1. The van der Waals surface area contributed by atoms with E-state index < -0.39 is 0 Å². The number of aryl methyl sites for hydroxylation is 1. The Hall–Kier alpha value is -1.03. The molecule has 0 heterocycles. The van der Waals surface area contributed by atoms with Gasteiger partial charge in [0.1, 0.15) is 0 Å². The molecule has 20 heavy (non-hydrogen) atoms. The number of hydrogen-bond acceptors (Lipinski definition) is 2. The summed E-state index contributed by atoms with van der Waals surface area (Å²) in [7, 11) is 0. The number of anilines is 1.